The molecule has 1 aromatic carbocycles. The summed E-state index contributed by atoms with van der Waals surface area (Å²) < 4.78 is 5.56. The van der Waals surface area contributed by atoms with Crippen molar-refractivity contribution in [2.75, 3.05) is 48.1 Å². The van der Waals surface area contributed by atoms with Crippen molar-refractivity contribution in [2.24, 2.45) is 0 Å². The standard InChI is InChI=1S/C26H25N7O2S/c1-36-23-22(18-6-10-27-11-7-18)31-24(32-25(23)33-14-16-35-17-15-33)19-2-4-20(5-3-19)29-26(34)30-21-8-12-28-13-9-21/h2-13H,14-17H2,1H3,(H2,28,29,30,34). The second kappa shape index (κ2) is 11.1. The van der Waals surface area contributed by atoms with Gasteiger partial charge in [-0.15, -0.1) is 11.8 Å². The van der Waals surface area contributed by atoms with Crippen molar-refractivity contribution in [1.29, 1.82) is 0 Å². The monoisotopic (exact) mass is 499 g/mol. The summed E-state index contributed by atoms with van der Waals surface area (Å²) in [4.78, 5) is 33.7. The molecule has 1 saturated heterocycles. The maximum Gasteiger partial charge on any atom is 0.323 e. The molecule has 36 heavy (non-hydrogen) atoms. The Kier molecular flexibility index (Phi) is 7.34. The van der Waals surface area contributed by atoms with Crippen LogP contribution in [-0.2, 0) is 4.74 Å². The van der Waals surface area contributed by atoms with Gasteiger partial charge >= 0.3 is 6.03 Å². The molecule has 0 saturated carbocycles. The van der Waals surface area contributed by atoms with Crippen molar-refractivity contribution in [3.63, 3.8) is 0 Å². The summed E-state index contributed by atoms with van der Waals surface area (Å²) in [6, 6.07) is 14.6. The van der Waals surface area contributed by atoms with Crippen LogP contribution in [0.5, 0.6) is 0 Å². The first-order valence-electron chi connectivity index (χ1n) is 11.5. The first-order valence-corrected chi connectivity index (χ1v) is 12.7. The van der Waals surface area contributed by atoms with Crippen LogP contribution in [0, 0.1) is 0 Å². The number of aromatic nitrogens is 4. The fraction of sp³-hybridized carbons (Fsp3) is 0.192. The van der Waals surface area contributed by atoms with E-state index in [0.29, 0.717) is 30.4 Å². The van der Waals surface area contributed by atoms with Crippen LogP contribution in [-0.4, -0.2) is 58.5 Å². The Morgan fingerprint density at radius 3 is 2.08 bits per heavy atom. The Bertz CT molecular complexity index is 1320. The van der Waals surface area contributed by atoms with Crippen LogP contribution >= 0.6 is 11.8 Å². The molecule has 2 N–H and O–H groups in total. The van der Waals surface area contributed by atoms with Crippen LogP contribution in [0.25, 0.3) is 22.6 Å². The Morgan fingerprint density at radius 1 is 0.833 bits per heavy atom. The van der Waals surface area contributed by atoms with Crippen molar-refractivity contribution in [1.82, 2.24) is 19.9 Å². The number of carbonyl (C=O) groups excluding carboxylic acids is 1. The van der Waals surface area contributed by atoms with Gasteiger partial charge in [0, 0.05) is 60.4 Å². The number of anilines is 3. The zero-order valence-corrected chi connectivity index (χ0v) is 20.5. The van der Waals surface area contributed by atoms with Crippen LogP contribution < -0.4 is 15.5 Å². The minimum atomic E-state index is -0.330. The Morgan fingerprint density at radius 2 is 1.44 bits per heavy atom. The summed E-state index contributed by atoms with van der Waals surface area (Å²) in [6.07, 6.45) is 8.83. The molecule has 5 rings (SSSR count). The number of urea groups is 1. The molecule has 10 heteroatoms. The van der Waals surface area contributed by atoms with Gasteiger partial charge < -0.3 is 20.3 Å². The molecule has 182 valence electrons. The fourth-order valence-corrected chi connectivity index (χ4v) is 4.60. The average molecular weight is 500 g/mol. The third-order valence-electron chi connectivity index (χ3n) is 5.66. The Hall–Kier alpha value is -4.02. The van der Waals surface area contributed by atoms with E-state index in [1.807, 2.05) is 42.7 Å². The first kappa shape index (κ1) is 23.7. The molecule has 9 nitrogen and oxygen atoms in total. The number of amides is 2. The summed E-state index contributed by atoms with van der Waals surface area (Å²) in [7, 11) is 0. The number of carbonyl (C=O) groups is 1. The van der Waals surface area contributed by atoms with Crippen LogP contribution in [0.3, 0.4) is 0 Å². The number of nitrogens with one attached hydrogen (secondary N) is 2. The molecular formula is C26H25N7O2S. The highest BCUT2D eigenvalue weighted by molar-refractivity contribution is 7.98. The van der Waals surface area contributed by atoms with Crippen molar-refractivity contribution in [2.45, 2.75) is 4.90 Å². The molecule has 0 aliphatic carbocycles. The highest BCUT2D eigenvalue weighted by atomic mass is 32.2. The lowest BCUT2D eigenvalue weighted by molar-refractivity contribution is 0.122. The molecule has 1 aliphatic heterocycles. The lowest BCUT2D eigenvalue weighted by atomic mass is 10.1. The fourth-order valence-electron chi connectivity index (χ4n) is 3.88. The summed E-state index contributed by atoms with van der Waals surface area (Å²) >= 11 is 1.64. The average Bonchev–Trinajstić information content (AvgIpc) is 2.94. The summed E-state index contributed by atoms with van der Waals surface area (Å²) in [5, 5.41) is 5.62. The number of thioether (sulfide) groups is 1. The molecule has 0 spiro atoms. The maximum atomic E-state index is 12.3. The number of nitrogens with zero attached hydrogens (tertiary/aromatic N) is 5. The number of pyridine rings is 2. The summed E-state index contributed by atoms with van der Waals surface area (Å²) in [5.74, 6) is 1.52. The SMILES string of the molecule is CSc1c(-c2ccncc2)nc(-c2ccc(NC(=O)Nc3ccncc3)cc2)nc1N1CCOCC1. The number of benzene rings is 1. The van der Waals surface area contributed by atoms with E-state index >= 15 is 0 Å². The molecule has 4 heterocycles. The number of hydrogen-bond donors (Lipinski definition) is 2. The molecule has 3 aromatic heterocycles. The van der Waals surface area contributed by atoms with Gasteiger partial charge in [-0.2, -0.15) is 0 Å². The number of morpholine rings is 1. The highest BCUT2D eigenvalue weighted by Crippen LogP contribution is 2.37. The van der Waals surface area contributed by atoms with Crippen molar-refractivity contribution in [3.05, 3.63) is 73.3 Å². The van der Waals surface area contributed by atoms with Gasteiger partial charge in [0.25, 0.3) is 0 Å². The van der Waals surface area contributed by atoms with Gasteiger partial charge in [-0.25, -0.2) is 14.8 Å². The molecule has 2 amide bonds. The molecule has 0 bridgehead atoms. The van der Waals surface area contributed by atoms with E-state index in [9.17, 15) is 4.79 Å². The van der Waals surface area contributed by atoms with Crippen LogP contribution in [0.4, 0.5) is 22.0 Å². The van der Waals surface area contributed by atoms with E-state index < -0.39 is 0 Å². The molecule has 0 radical (unpaired) electrons. The number of rotatable bonds is 6. The molecule has 1 fully saturated rings. The lowest BCUT2D eigenvalue weighted by Gasteiger charge is -2.30. The second-order valence-corrected chi connectivity index (χ2v) is 8.80. The van der Waals surface area contributed by atoms with Crippen LogP contribution in [0.15, 0.2) is 78.2 Å². The molecule has 1 aliphatic rings. The van der Waals surface area contributed by atoms with Gasteiger partial charge in [0.05, 0.1) is 23.8 Å². The molecule has 0 atom stereocenters. The van der Waals surface area contributed by atoms with Gasteiger partial charge in [-0.1, -0.05) is 0 Å². The normalized spacial score (nSPS) is 13.3. The van der Waals surface area contributed by atoms with Gasteiger partial charge in [-0.05, 0) is 54.8 Å². The molecule has 4 aromatic rings. The largest absolute Gasteiger partial charge is 0.378 e. The zero-order chi connectivity index (χ0) is 24.7. The van der Waals surface area contributed by atoms with E-state index in [0.717, 1.165) is 40.6 Å². The van der Waals surface area contributed by atoms with E-state index in [4.69, 9.17) is 14.7 Å². The third-order valence-corrected chi connectivity index (χ3v) is 6.44. The molecular weight excluding hydrogens is 474 g/mol. The smallest absolute Gasteiger partial charge is 0.323 e. The Balaban J connectivity index is 1.45. The van der Waals surface area contributed by atoms with Crippen molar-refractivity contribution >= 4 is 35.0 Å². The van der Waals surface area contributed by atoms with Crippen molar-refractivity contribution in [3.8, 4) is 22.6 Å². The first-order chi connectivity index (χ1) is 17.7. The van der Waals surface area contributed by atoms with Crippen molar-refractivity contribution < 1.29 is 9.53 Å². The van der Waals surface area contributed by atoms with Crippen LogP contribution in [0.2, 0.25) is 0 Å². The van der Waals surface area contributed by atoms with Gasteiger partial charge in [0.1, 0.15) is 5.82 Å². The quantitative estimate of drug-likeness (QED) is 0.365. The highest BCUT2D eigenvalue weighted by Gasteiger charge is 2.22. The molecule has 0 unspecified atom stereocenters. The van der Waals surface area contributed by atoms with E-state index in [1.165, 1.54) is 0 Å². The minimum absolute atomic E-state index is 0.330. The maximum absolute atomic E-state index is 12.3. The Labute approximate surface area is 213 Å². The minimum Gasteiger partial charge on any atom is -0.378 e. The number of ether oxygens (including phenoxy) is 1. The summed E-state index contributed by atoms with van der Waals surface area (Å²) in [6.45, 7) is 2.88. The van der Waals surface area contributed by atoms with Gasteiger partial charge in [-0.3, -0.25) is 9.97 Å². The number of hydrogen-bond acceptors (Lipinski definition) is 8. The van der Waals surface area contributed by atoms with Crippen LogP contribution in [0.1, 0.15) is 0 Å². The second-order valence-electron chi connectivity index (χ2n) is 7.98. The van der Waals surface area contributed by atoms with E-state index in [1.54, 1.807) is 48.7 Å². The predicted molar refractivity (Wildman–Crippen MR) is 142 cm³/mol. The predicted octanol–water partition coefficient (Wildman–Crippen LogP) is 4.80. The van der Waals surface area contributed by atoms with E-state index in [2.05, 4.69) is 25.5 Å². The lowest BCUT2D eigenvalue weighted by Crippen LogP contribution is -2.37. The topological polar surface area (TPSA) is 105 Å². The third kappa shape index (κ3) is 5.45. The van der Waals surface area contributed by atoms with E-state index in [-0.39, 0.29) is 6.03 Å². The van der Waals surface area contributed by atoms with Gasteiger partial charge in [0.15, 0.2) is 5.82 Å². The summed E-state index contributed by atoms with van der Waals surface area (Å²) in [5.41, 5.74) is 4.04. The van der Waals surface area contributed by atoms with Gasteiger partial charge in [0.2, 0.25) is 0 Å². The zero-order valence-electron chi connectivity index (χ0n) is 19.7.